The maximum atomic E-state index is 14.2. The number of rotatable bonds is 4. The summed E-state index contributed by atoms with van der Waals surface area (Å²) in [4.78, 5) is 12.6. The Morgan fingerprint density at radius 2 is 1.90 bits per heavy atom. The molecule has 5 N–H and O–H groups in total. The second kappa shape index (κ2) is 7.29. The van der Waals surface area contributed by atoms with Gasteiger partial charge in [-0.2, -0.15) is 13.2 Å². The van der Waals surface area contributed by atoms with Crippen LogP contribution in [0.3, 0.4) is 0 Å². The topological polar surface area (TPSA) is 110 Å². The summed E-state index contributed by atoms with van der Waals surface area (Å²) in [6.07, 6.45) is -4.89. The zero-order valence-electron chi connectivity index (χ0n) is 14.8. The first-order valence-electron chi connectivity index (χ1n) is 8.38. The van der Waals surface area contributed by atoms with Crippen LogP contribution in [0.1, 0.15) is 22.3 Å². The second-order valence-corrected chi connectivity index (χ2v) is 7.26. The molecule has 0 bridgehead atoms. The molecule has 0 saturated carbocycles. The first-order chi connectivity index (χ1) is 13.4. The molecule has 11 heteroatoms. The molecule has 3 rings (SSSR count). The molecule has 1 aliphatic heterocycles. The quantitative estimate of drug-likeness (QED) is 0.429. The van der Waals surface area contributed by atoms with E-state index in [0.29, 0.717) is 0 Å². The van der Waals surface area contributed by atoms with E-state index in [1.807, 2.05) is 0 Å². The Labute approximate surface area is 168 Å². The van der Waals surface area contributed by atoms with Crippen LogP contribution in [-0.2, 0) is 5.41 Å². The molecular formula is C18H17ClF3N3O4. The van der Waals surface area contributed by atoms with Crippen molar-refractivity contribution in [2.45, 2.75) is 18.0 Å². The van der Waals surface area contributed by atoms with Crippen LogP contribution in [0.4, 0.5) is 30.2 Å². The first kappa shape index (κ1) is 21.0. The third kappa shape index (κ3) is 3.78. The highest BCUT2D eigenvalue weighted by molar-refractivity contribution is 6.30. The number of carboxylic acids is 1. The van der Waals surface area contributed by atoms with Crippen LogP contribution in [0.5, 0.6) is 0 Å². The van der Waals surface area contributed by atoms with E-state index in [4.69, 9.17) is 22.4 Å². The molecule has 0 aromatic heterocycles. The van der Waals surface area contributed by atoms with Gasteiger partial charge in [0.15, 0.2) is 0 Å². The SMILES string of the molecule is Nc1cc(Cl)cc(C2(C(F)(F)F)CCN(c3ccc(C(=O)O)c(N(O)O)c3)C2)c1. The number of nitrogens with two attached hydrogens (primary N) is 1. The summed E-state index contributed by atoms with van der Waals surface area (Å²) in [7, 11) is 0. The molecule has 156 valence electrons. The van der Waals surface area contributed by atoms with Crippen LogP contribution in [0, 0.1) is 0 Å². The number of aromatic carboxylic acids is 1. The molecule has 2 aromatic carbocycles. The van der Waals surface area contributed by atoms with Gasteiger partial charge in [-0.05, 0) is 48.4 Å². The summed E-state index contributed by atoms with van der Waals surface area (Å²) in [6.45, 7) is -0.479. The molecule has 0 radical (unpaired) electrons. The van der Waals surface area contributed by atoms with Gasteiger partial charge in [0.05, 0.1) is 5.56 Å². The summed E-state index contributed by atoms with van der Waals surface area (Å²) in [5.41, 5.74) is 2.82. The standard InChI is InChI=1S/C18H17ClF3N3O4/c19-11-5-10(6-12(23)7-11)17(18(20,21)22)3-4-24(9-17)13-1-2-14(16(26)27)15(8-13)25(28)29/h1-2,5-8,28-29H,3-4,9,23H2,(H,26,27). The van der Waals surface area contributed by atoms with Gasteiger partial charge >= 0.3 is 12.1 Å². The summed E-state index contributed by atoms with van der Waals surface area (Å²) in [5.74, 6) is -1.42. The Hall–Kier alpha value is -2.69. The first-order valence-corrected chi connectivity index (χ1v) is 8.76. The molecule has 0 amide bonds. The van der Waals surface area contributed by atoms with Crippen LogP contribution in [0.15, 0.2) is 36.4 Å². The lowest BCUT2D eigenvalue weighted by Gasteiger charge is -2.33. The van der Waals surface area contributed by atoms with Gasteiger partial charge < -0.3 is 15.7 Å². The van der Waals surface area contributed by atoms with Gasteiger partial charge in [-0.3, -0.25) is 10.4 Å². The van der Waals surface area contributed by atoms with Gasteiger partial charge in [-0.1, -0.05) is 11.6 Å². The van der Waals surface area contributed by atoms with Gasteiger partial charge in [0.25, 0.3) is 0 Å². The minimum Gasteiger partial charge on any atom is -0.478 e. The molecule has 1 heterocycles. The van der Waals surface area contributed by atoms with Crippen LogP contribution in [0.2, 0.25) is 5.02 Å². The number of hydrogen-bond donors (Lipinski definition) is 4. The summed E-state index contributed by atoms with van der Waals surface area (Å²) < 4.78 is 42.5. The van der Waals surface area contributed by atoms with E-state index in [1.54, 1.807) is 0 Å². The Morgan fingerprint density at radius 1 is 1.21 bits per heavy atom. The van der Waals surface area contributed by atoms with Gasteiger partial charge in [-0.15, -0.1) is 5.23 Å². The number of nitrogen functional groups attached to an aromatic ring is 1. The monoisotopic (exact) mass is 431 g/mol. The third-order valence-corrected chi connectivity index (χ3v) is 5.30. The Kier molecular flexibility index (Phi) is 5.28. The molecule has 1 atom stereocenters. The maximum Gasteiger partial charge on any atom is 0.400 e. The van der Waals surface area contributed by atoms with Gasteiger partial charge in [0.1, 0.15) is 11.1 Å². The fraction of sp³-hybridized carbons (Fsp3) is 0.278. The van der Waals surface area contributed by atoms with Crippen molar-refractivity contribution in [2.75, 3.05) is 28.9 Å². The maximum absolute atomic E-state index is 14.2. The van der Waals surface area contributed by atoms with E-state index in [2.05, 4.69) is 0 Å². The van der Waals surface area contributed by atoms with E-state index < -0.39 is 35.4 Å². The minimum absolute atomic E-state index is 0.00531. The fourth-order valence-corrected chi connectivity index (χ4v) is 3.86. The molecule has 7 nitrogen and oxygen atoms in total. The van der Waals surface area contributed by atoms with Crippen molar-refractivity contribution < 1.29 is 33.5 Å². The summed E-state index contributed by atoms with van der Waals surface area (Å²) in [6, 6.07) is 7.34. The number of nitrogens with zero attached hydrogens (tertiary/aromatic N) is 2. The van der Waals surface area contributed by atoms with E-state index in [9.17, 15) is 28.4 Å². The van der Waals surface area contributed by atoms with Crippen LogP contribution in [-0.4, -0.2) is 40.8 Å². The normalized spacial score (nSPS) is 19.4. The van der Waals surface area contributed by atoms with Gasteiger partial charge in [-0.25, -0.2) is 4.79 Å². The molecule has 29 heavy (non-hydrogen) atoms. The van der Waals surface area contributed by atoms with E-state index in [-0.39, 0.29) is 40.2 Å². The van der Waals surface area contributed by atoms with Crippen molar-refractivity contribution in [3.05, 3.63) is 52.5 Å². The van der Waals surface area contributed by atoms with E-state index in [1.165, 1.54) is 29.2 Å². The van der Waals surface area contributed by atoms with Crippen molar-refractivity contribution in [2.24, 2.45) is 0 Å². The molecule has 1 unspecified atom stereocenters. The van der Waals surface area contributed by atoms with Crippen LogP contribution in [0.25, 0.3) is 0 Å². The summed E-state index contributed by atoms with van der Waals surface area (Å²) in [5, 5.41) is 27.4. The smallest absolute Gasteiger partial charge is 0.400 e. The van der Waals surface area contributed by atoms with E-state index in [0.717, 1.165) is 12.1 Å². The molecule has 0 spiro atoms. The van der Waals surface area contributed by atoms with Crippen LogP contribution >= 0.6 is 11.6 Å². The number of carbonyl (C=O) groups is 1. The highest BCUT2D eigenvalue weighted by Crippen LogP contribution is 2.49. The Morgan fingerprint density at radius 3 is 2.45 bits per heavy atom. The average molecular weight is 432 g/mol. The molecule has 2 aromatic rings. The average Bonchev–Trinajstić information content (AvgIpc) is 3.07. The fourth-order valence-electron chi connectivity index (χ4n) is 3.61. The molecule has 0 aliphatic carbocycles. The lowest BCUT2D eigenvalue weighted by molar-refractivity contribution is -0.184. The number of halogens is 4. The van der Waals surface area contributed by atoms with Crippen molar-refractivity contribution in [3.63, 3.8) is 0 Å². The number of benzene rings is 2. The lowest BCUT2D eigenvalue weighted by Crippen LogP contribution is -2.45. The number of alkyl halides is 3. The molecule has 1 fully saturated rings. The molecule has 1 saturated heterocycles. The third-order valence-electron chi connectivity index (χ3n) is 5.08. The predicted octanol–water partition coefficient (Wildman–Crippen LogP) is 3.92. The van der Waals surface area contributed by atoms with Crippen molar-refractivity contribution >= 4 is 34.6 Å². The number of anilines is 3. The van der Waals surface area contributed by atoms with E-state index >= 15 is 0 Å². The van der Waals surface area contributed by atoms with Crippen LogP contribution < -0.4 is 15.9 Å². The highest BCUT2D eigenvalue weighted by atomic mass is 35.5. The molecule has 1 aliphatic rings. The minimum atomic E-state index is -4.61. The van der Waals surface area contributed by atoms with Crippen molar-refractivity contribution in [1.29, 1.82) is 0 Å². The Bertz CT molecular complexity index is 934. The highest BCUT2D eigenvalue weighted by Gasteiger charge is 2.59. The zero-order valence-corrected chi connectivity index (χ0v) is 15.6. The second-order valence-electron chi connectivity index (χ2n) is 6.82. The zero-order chi connectivity index (χ0) is 21.6. The van der Waals surface area contributed by atoms with Crippen molar-refractivity contribution in [3.8, 4) is 0 Å². The summed E-state index contributed by atoms with van der Waals surface area (Å²) >= 11 is 5.92. The van der Waals surface area contributed by atoms with Gasteiger partial charge in [0, 0.05) is 29.5 Å². The molecular weight excluding hydrogens is 415 g/mol. The van der Waals surface area contributed by atoms with Crippen molar-refractivity contribution in [1.82, 2.24) is 0 Å². The Balaban J connectivity index is 2.03. The largest absolute Gasteiger partial charge is 0.478 e. The van der Waals surface area contributed by atoms with Gasteiger partial charge in [0.2, 0.25) is 0 Å². The number of hydrogen-bond acceptors (Lipinski definition) is 6. The lowest BCUT2D eigenvalue weighted by atomic mass is 9.78. The number of carboxylic acid groups (broad SMARTS) is 1. The predicted molar refractivity (Wildman–Crippen MR) is 99.9 cm³/mol.